The van der Waals surface area contributed by atoms with Crippen molar-refractivity contribution in [3.8, 4) is 28.6 Å². The summed E-state index contributed by atoms with van der Waals surface area (Å²) >= 11 is 0. The second-order valence-corrected chi connectivity index (χ2v) is 15.4. The number of carbonyl (C=O) groups excluding carboxylic acids is 8. The molecule has 2 atom stereocenters. The molecule has 0 radical (unpaired) electrons. The van der Waals surface area contributed by atoms with Gasteiger partial charge in [0, 0.05) is 45.2 Å². The lowest BCUT2D eigenvalue weighted by Gasteiger charge is -2.27. The average Bonchev–Trinajstić information content (AvgIpc) is 3.98. The van der Waals surface area contributed by atoms with Crippen molar-refractivity contribution in [3.63, 3.8) is 0 Å². The Balaban J connectivity index is 0.787. The van der Waals surface area contributed by atoms with Crippen molar-refractivity contribution in [2.75, 3.05) is 40.4 Å². The number of fused-ring (bicyclic) bond motifs is 2. The summed E-state index contributed by atoms with van der Waals surface area (Å²) in [6.45, 7) is 0.106. The van der Waals surface area contributed by atoms with Crippen molar-refractivity contribution in [1.82, 2.24) is 36.2 Å². The van der Waals surface area contributed by atoms with E-state index in [0.717, 1.165) is 22.4 Å². The Labute approximate surface area is 360 Å². The van der Waals surface area contributed by atoms with Crippen LogP contribution in [0, 0.1) is 0 Å². The summed E-state index contributed by atoms with van der Waals surface area (Å²) in [5.41, 5.74) is 2.52. The van der Waals surface area contributed by atoms with Gasteiger partial charge in [-0.05, 0) is 86.1 Å². The van der Waals surface area contributed by atoms with Crippen LogP contribution < -0.4 is 30.7 Å². The molecule has 3 aromatic carbocycles. The number of nitrogens with one attached hydrogen (secondary N) is 4. The molecule has 1 fully saturated rings. The van der Waals surface area contributed by atoms with Crippen LogP contribution in [0.15, 0.2) is 65.2 Å². The number of piperidine rings is 1. The predicted molar refractivity (Wildman–Crippen MR) is 221 cm³/mol. The molecule has 63 heavy (non-hydrogen) atoms. The van der Waals surface area contributed by atoms with Gasteiger partial charge in [-0.25, -0.2) is 0 Å². The fourth-order valence-corrected chi connectivity index (χ4v) is 7.56. The number of ether oxygens (including phenoxy) is 2. The van der Waals surface area contributed by atoms with Gasteiger partial charge in [0.05, 0.1) is 22.7 Å². The third kappa shape index (κ3) is 9.82. The first-order valence-corrected chi connectivity index (χ1v) is 20.4. The van der Waals surface area contributed by atoms with E-state index in [-0.39, 0.29) is 76.9 Å². The van der Waals surface area contributed by atoms with E-state index in [0.29, 0.717) is 50.1 Å². The molecule has 19 nitrogen and oxygen atoms in total. The topological polar surface area (TPSA) is 256 Å². The fourth-order valence-electron chi connectivity index (χ4n) is 7.56. The van der Waals surface area contributed by atoms with E-state index in [1.165, 1.54) is 41.3 Å². The van der Waals surface area contributed by atoms with Gasteiger partial charge in [0.15, 0.2) is 24.7 Å². The van der Waals surface area contributed by atoms with Crippen LogP contribution >= 0.6 is 0 Å². The molecule has 19 heteroatoms. The number of phenols is 1. The molecule has 7 rings (SSSR count). The van der Waals surface area contributed by atoms with Gasteiger partial charge < -0.3 is 40.0 Å². The molecule has 5 N–H and O–H groups in total. The molecule has 2 aliphatic heterocycles. The van der Waals surface area contributed by atoms with E-state index in [1.54, 1.807) is 32.3 Å². The van der Waals surface area contributed by atoms with Crippen LogP contribution in [0.3, 0.4) is 0 Å². The van der Waals surface area contributed by atoms with Crippen LogP contribution in [0.5, 0.6) is 17.2 Å². The summed E-state index contributed by atoms with van der Waals surface area (Å²) in [5, 5.41) is 25.0. The van der Waals surface area contributed by atoms with E-state index < -0.39 is 48.1 Å². The largest absolute Gasteiger partial charge is 0.507 e. The molecule has 1 aliphatic carbocycles. The number of benzene rings is 3. The van der Waals surface area contributed by atoms with Crippen LogP contribution in [0.25, 0.3) is 11.3 Å². The third-order valence-corrected chi connectivity index (χ3v) is 10.8. The molecule has 328 valence electrons. The number of unbranched alkanes of at least 4 members (excludes halogenated alkanes) is 2. The van der Waals surface area contributed by atoms with Crippen molar-refractivity contribution in [2.45, 2.75) is 57.0 Å². The lowest BCUT2D eigenvalue weighted by Crippen LogP contribution is -2.54. The van der Waals surface area contributed by atoms with Crippen LogP contribution in [-0.4, -0.2) is 114 Å². The van der Waals surface area contributed by atoms with Crippen molar-refractivity contribution >= 4 is 47.3 Å². The number of hydrogen-bond acceptors (Lipinski definition) is 13. The second kappa shape index (κ2) is 19.0. The van der Waals surface area contributed by atoms with E-state index in [9.17, 15) is 43.5 Å². The first-order valence-electron chi connectivity index (χ1n) is 20.4. The van der Waals surface area contributed by atoms with E-state index in [2.05, 4.69) is 26.4 Å². The summed E-state index contributed by atoms with van der Waals surface area (Å²) in [6.07, 6.45) is 3.36. The number of aryl methyl sites for hydroxylation is 1. The number of phenolic OH excluding ortho intramolecular Hbond substituents is 1. The third-order valence-electron chi connectivity index (χ3n) is 10.8. The van der Waals surface area contributed by atoms with Crippen LogP contribution in [-0.2, 0) is 25.6 Å². The number of nitrogens with zero attached hydrogens (tertiary/aromatic N) is 3. The van der Waals surface area contributed by atoms with Crippen molar-refractivity contribution in [3.05, 3.63) is 94.2 Å². The number of hydrogen-bond donors (Lipinski definition) is 5. The molecule has 0 bridgehead atoms. The number of amides is 8. The van der Waals surface area contributed by atoms with E-state index >= 15 is 0 Å². The molecule has 2 unspecified atom stereocenters. The van der Waals surface area contributed by atoms with Gasteiger partial charge in [-0.3, -0.25) is 48.6 Å². The van der Waals surface area contributed by atoms with Crippen LogP contribution in [0.1, 0.15) is 97.3 Å². The van der Waals surface area contributed by atoms with Gasteiger partial charge >= 0.3 is 0 Å². The van der Waals surface area contributed by atoms with Gasteiger partial charge in [0.1, 0.15) is 23.3 Å². The quantitative estimate of drug-likeness (QED) is 0.0756. The highest BCUT2D eigenvalue weighted by Crippen LogP contribution is 2.36. The minimum Gasteiger partial charge on any atom is -0.507 e. The Morgan fingerprint density at radius 2 is 1.62 bits per heavy atom. The van der Waals surface area contributed by atoms with Gasteiger partial charge in [-0.1, -0.05) is 23.4 Å². The van der Waals surface area contributed by atoms with E-state index in [4.69, 9.17) is 14.0 Å². The molecule has 8 amide bonds. The number of rotatable bonds is 17. The van der Waals surface area contributed by atoms with Crippen LogP contribution in [0.4, 0.5) is 0 Å². The number of imide groups is 2. The predicted octanol–water partition coefficient (Wildman–Crippen LogP) is 2.43. The maximum Gasteiger partial charge on any atom is 0.273 e. The zero-order valence-corrected chi connectivity index (χ0v) is 34.5. The van der Waals surface area contributed by atoms with Gasteiger partial charge in [0.25, 0.3) is 35.4 Å². The molecule has 1 aromatic heterocycles. The number of carbonyl (C=O) groups is 8. The first kappa shape index (κ1) is 43.5. The smallest absolute Gasteiger partial charge is 0.273 e. The lowest BCUT2D eigenvalue weighted by atomic mass is 10.0. The highest BCUT2D eigenvalue weighted by Gasteiger charge is 2.46. The highest BCUT2D eigenvalue weighted by molar-refractivity contribution is 6.24. The van der Waals surface area contributed by atoms with Gasteiger partial charge in [-0.2, -0.15) is 0 Å². The van der Waals surface area contributed by atoms with Gasteiger partial charge in [0.2, 0.25) is 11.8 Å². The molecule has 0 spiro atoms. The number of aromatic hydroxyl groups is 1. The maximum absolute atomic E-state index is 13.2. The Hall–Kier alpha value is -7.57. The second-order valence-electron chi connectivity index (χ2n) is 15.4. The monoisotopic (exact) mass is 863 g/mol. The van der Waals surface area contributed by atoms with E-state index in [1.807, 2.05) is 6.07 Å². The minimum absolute atomic E-state index is 0.00569. The molecular weight excluding hydrogens is 819 g/mol. The molecule has 3 aliphatic rings. The van der Waals surface area contributed by atoms with Crippen LogP contribution in [0.2, 0.25) is 0 Å². The first-order chi connectivity index (χ1) is 30.3. The summed E-state index contributed by atoms with van der Waals surface area (Å²) in [5.74, 6) is -3.66. The molecular formula is C44H45N7O12. The fraction of sp³-hybridized carbons (Fsp3) is 0.341. The Morgan fingerprint density at radius 3 is 2.33 bits per heavy atom. The Bertz CT molecular complexity index is 2500. The summed E-state index contributed by atoms with van der Waals surface area (Å²) in [6, 6.07) is 14.3. The summed E-state index contributed by atoms with van der Waals surface area (Å²) < 4.78 is 16.7. The Morgan fingerprint density at radius 1 is 0.873 bits per heavy atom. The molecule has 0 saturated carbocycles. The molecule has 4 aromatic rings. The van der Waals surface area contributed by atoms with Crippen molar-refractivity contribution in [1.29, 1.82) is 0 Å². The minimum atomic E-state index is -1.12. The summed E-state index contributed by atoms with van der Waals surface area (Å²) in [4.78, 5) is 103. The zero-order valence-electron chi connectivity index (χ0n) is 34.5. The van der Waals surface area contributed by atoms with Gasteiger partial charge in [-0.15, -0.1) is 0 Å². The Kier molecular flexibility index (Phi) is 13.1. The normalized spacial score (nSPS) is 16.5. The number of aromatic nitrogens is 1. The lowest BCUT2D eigenvalue weighted by molar-refractivity contribution is -0.136. The average molecular weight is 864 g/mol. The standard InChI is InChI=1S/C44H45N7O12/c1-50(2)42(58)27-13-10-25(19-33(27)52)35-21-31(49-63-35)40(56)47-30-14-11-24-9-12-26(20-29(24)30)61-22-37(54)45-17-4-3-5-18-46-38(55)23-62-34-8-6-7-28-39(34)44(60)51(43(28)59)32-15-16-36(53)48-41(32)57/h6-10,12-13,19-21,30,32,52H,3-5,11,14-18,22-23H2,1-2H3,(H,45,54)(H,46,55)(H,47,56)(H,48,53,57). The molecule has 1 saturated heterocycles. The zero-order chi connectivity index (χ0) is 44.8. The highest BCUT2D eigenvalue weighted by atomic mass is 16.5. The molecule has 3 heterocycles. The van der Waals surface area contributed by atoms with Crippen molar-refractivity contribution < 1.29 is 57.5 Å². The summed E-state index contributed by atoms with van der Waals surface area (Å²) in [7, 11) is 3.16. The SMILES string of the molecule is CN(C)C(=O)c1ccc(-c2cc(C(=O)NC3CCc4ccc(OCC(=O)NCCCCCNC(=O)COc5cccc6c5C(=O)N(C5CCC(=O)NC5=O)C6=O)cc43)no2)cc1O. The maximum atomic E-state index is 13.2. The van der Waals surface area contributed by atoms with Crippen molar-refractivity contribution in [2.24, 2.45) is 0 Å².